The van der Waals surface area contributed by atoms with Crippen molar-refractivity contribution in [1.82, 2.24) is 0 Å². The van der Waals surface area contributed by atoms with E-state index in [0.717, 1.165) is 17.7 Å². The number of carbonyl (C=O) groups excluding carboxylic acids is 1. The predicted molar refractivity (Wildman–Crippen MR) is 65.0 cm³/mol. The van der Waals surface area contributed by atoms with Gasteiger partial charge in [0.25, 0.3) is 0 Å². The van der Waals surface area contributed by atoms with Gasteiger partial charge in [0.2, 0.25) is 0 Å². The highest BCUT2D eigenvalue weighted by Crippen LogP contribution is 2.09. The molecule has 3 nitrogen and oxygen atoms in total. The lowest BCUT2D eigenvalue weighted by Gasteiger charge is -2.10. The van der Waals surface area contributed by atoms with Crippen LogP contribution in [0.4, 0.5) is 5.69 Å². The highest BCUT2D eigenvalue weighted by molar-refractivity contribution is 5.69. The molecule has 0 fully saturated rings. The Morgan fingerprint density at radius 1 is 1.38 bits per heavy atom. The monoisotopic (exact) mass is 221 g/mol. The van der Waals surface area contributed by atoms with Crippen LogP contribution >= 0.6 is 0 Å². The van der Waals surface area contributed by atoms with Gasteiger partial charge in [-0.25, -0.2) is 0 Å². The lowest BCUT2D eigenvalue weighted by atomic mass is 10.1. The van der Waals surface area contributed by atoms with Gasteiger partial charge in [0.15, 0.2) is 0 Å². The maximum atomic E-state index is 11.4. The second kappa shape index (κ2) is 6.16. The van der Waals surface area contributed by atoms with Gasteiger partial charge < -0.3 is 10.5 Å². The molecule has 0 radical (unpaired) electrons. The van der Waals surface area contributed by atoms with Gasteiger partial charge >= 0.3 is 5.97 Å². The summed E-state index contributed by atoms with van der Waals surface area (Å²) in [4.78, 5) is 11.4. The molecule has 3 heteroatoms. The van der Waals surface area contributed by atoms with Gasteiger partial charge in [-0.2, -0.15) is 0 Å². The van der Waals surface area contributed by atoms with Gasteiger partial charge in [-0.05, 0) is 37.5 Å². The van der Waals surface area contributed by atoms with Crippen molar-refractivity contribution in [2.24, 2.45) is 0 Å². The van der Waals surface area contributed by atoms with E-state index in [0.29, 0.717) is 12.8 Å². The molecule has 1 unspecified atom stereocenters. The number of nitrogens with two attached hydrogens (primary N) is 1. The standard InChI is InChI=1S/C13H19NO2/c1-3-10(2)16-13(15)9-6-11-4-7-12(14)8-5-11/h4-5,7-8,10H,3,6,9,14H2,1-2H3. The van der Waals surface area contributed by atoms with Crippen molar-refractivity contribution < 1.29 is 9.53 Å². The minimum absolute atomic E-state index is 0.0129. The molecule has 2 N–H and O–H groups in total. The molecule has 1 rings (SSSR count). The number of esters is 1. The Kier molecular flexibility index (Phi) is 4.83. The number of anilines is 1. The first-order chi connectivity index (χ1) is 7.61. The Hall–Kier alpha value is -1.51. The molecular formula is C13H19NO2. The number of hydrogen-bond donors (Lipinski definition) is 1. The number of carbonyl (C=O) groups is 1. The Labute approximate surface area is 96.6 Å². The lowest BCUT2D eigenvalue weighted by Crippen LogP contribution is -2.14. The number of benzene rings is 1. The SMILES string of the molecule is CCC(C)OC(=O)CCc1ccc(N)cc1. The molecule has 0 bridgehead atoms. The minimum atomic E-state index is -0.133. The predicted octanol–water partition coefficient (Wildman–Crippen LogP) is 2.54. The van der Waals surface area contributed by atoms with Crippen LogP contribution in [0.5, 0.6) is 0 Å². The highest BCUT2D eigenvalue weighted by atomic mass is 16.5. The first kappa shape index (κ1) is 12.6. The van der Waals surface area contributed by atoms with Crippen LogP contribution < -0.4 is 5.73 Å². The third kappa shape index (κ3) is 4.34. The van der Waals surface area contributed by atoms with Crippen LogP contribution in [0.2, 0.25) is 0 Å². The summed E-state index contributed by atoms with van der Waals surface area (Å²) in [5.74, 6) is -0.133. The zero-order valence-electron chi connectivity index (χ0n) is 9.90. The van der Waals surface area contributed by atoms with E-state index in [1.807, 2.05) is 38.1 Å². The number of hydrogen-bond acceptors (Lipinski definition) is 3. The molecule has 0 saturated carbocycles. The van der Waals surface area contributed by atoms with E-state index < -0.39 is 0 Å². The Balaban J connectivity index is 2.34. The molecule has 0 spiro atoms. The second-order valence-corrected chi connectivity index (χ2v) is 3.95. The van der Waals surface area contributed by atoms with E-state index in [1.54, 1.807) is 0 Å². The summed E-state index contributed by atoms with van der Waals surface area (Å²) in [5, 5.41) is 0. The zero-order chi connectivity index (χ0) is 12.0. The summed E-state index contributed by atoms with van der Waals surface area (Å²) in [6.45, 7) is 3.90. The Morgan fingerprint density at radius 3 is 2.56 bits per heavy atom. The fourth-order valence-corrected chi connectivity index (χ4v) is 1.30. The average molecular weight is 221 g/mol. The number of ether oxygens (including phenoxy) is 1. The highest BCUT2D eigenvalue weighted by Gasteiger charge is 2.07. The van der Waals surface area contributed by atoms with E-state index in [-0.39, 0.29) is 12.1 Å². The molecule has 1 aromatic rings. The molecule has 1 atom stereocenters. The van der Waals surface area contributed by atoms with Gasteiger partial charge in [0.05, 0.1) is 6.10 Å². The van der Waals surface area contributed by atoms with Crippen LogP contribution in [0.3, 0.4) is 0 Å². The van der Waals surface area contributed by atoms with Crippen molar-refractivity contribution in [1.29, 1.82) is 0 Å². The summed E-state index contributed by atoms with van der Waals surface area (Å²) in [6, 6.07) is 7.56. The number of rotatable bonds is 5. The summed E-state index contributed by atoms with van der Waals surface area (Å²) < 4.78 is 5.18. The minimum Gasteiger partial charge on any atom is -0.463 e. The van der Waals surface area contributed by atoms with Crippen molar-refractivity contribution in [2.75, 3.05) is 5.73 Å². The van der Waals surface area contributed by atoms with E-state index in [2.05, 4.69) is 0 Å². The molecule has 88 valence electrons. The smallest absolute Gasteiger partial charge is 0.306 e. The van der Waals surface area contributed by atoms with Crippen molar-refractivity contribution >= 4 is 11.7 Å². The summed E-state index contributed by atoms with van der Waals surface area (Å²) in [7, 11) is 0. The third-order valence-corrected chi connectivity index (χ3v) is 2.51. The molecule has 1 aromatic carbocycles. The summed E-state index contributed by atoms with van der Waals surface area (Å²) >= 11 is 0. The first-order valence-electron chi connectivity index (χ1n) is 5.65. The Bertz CT molecular complexity index is 332. The topological polar surface area (TPSA) is 52.3 Å². The average Bonchev–Trinajstić information content (AvgIpc) is 2.28. The fraction of sp³-hybridized carbons (Fsp3) is 0.462. The van der Waals surface area contributed by atoms with Crippen molar-refractivity contribution in [2.45, 2.75) is 39.2 Å². The molecule has 16 heavy (non-hydrogen) atoms. The normalized spacial score (nSPS) is 12.1. The van der Waals surface area contributed by atoms with Crippen LogP contribution in [-0.2, 0) is 16.0 Å². The largest absolute Gasteiger partial charge is 0.463 e. The molecule has 0 aliphatic carbocycles. The maximum Gasteiger partial charge on any atom is 0.306 e. The van der Waals surface area contributed by atoms with Crippen molar-refractivity contribution in [3.63, 3.8) is 0 Å². The zero-order valence-corrected chi connectivity index (χ0v) is 9.90. The molecule has 0 aromatic heterocycles. The second-order valence-electron chi connectivity index (χ2n) is 3.95. The Morgan fingerprint density at radius 2 is 2.00 bits per heavy atom. The number of nitrogen functional groups attached to an aromatic ring is 1. The number of aryl methyl sites for hydroxylation is 1. The van der Waals surface area contributed by atoms with Gasteiger partial charge in [0, 0.05) is 12.1 Å². The summed E-state index contributed by atoms with van der Waals surface area (Å²) in [5.41, 5.74) is 7.42. The lowest BCUT2D eigenvalue weighted by molar-refractivity contribution is -0.148. The van der Waals surface area contributed by atoms with Gasteiger partial charge in [-0.15, -0.1) is 0 Å². The third-order valence-electron chi connectivity index (χ3n) is 2.51. The van der Waals surface area contributed by atoms with E-state index in [1.165, 1.54) is 0 Å². The first-order valence-corrected chi connectivity index (χ1v) is 5.65. The maximum absolute atomic E-state index is 11.4. The van der Waals surface area contributed by atoms with Crippen LogP contribution in [0.15, 0.2) is 24.3 Å². The van der Waals surface area contributed by atoms with Gasteiger partial charge in [-0.3, -0.25) is 4.79 Å². The molecule has 0 amide bonds. The molecule has 0 aliphatic rings. The van der Waals surface area contributed by atoms with Crippen molar-refractivity contribution in [3.8, 4) is 0 Å². The van der Waals surface area contributed by atoms with Gasteiger partial charge in [-0.1, -0.05) is 19.1 Å². The fourth-order valence-electron chi connectivity index (χ4n) is 1.30. The van der Waals surface area contributed by atoms with Crippen LogP contribution in [0.1, 0.15) is 32.3 Å². The van der Waals surface area contributed by atoms with Gasteiger partial charge in [0.1, 0.15) is 0 Å². The molecular weight excluding hydrogens is 202 g/mol. The van der Waals surface area contributed by atoms with Crippen LogP contribution in [0.25, 0.3) is 0 Å². The van der Waals surface area contributed by atoms with Crippen LogP contribution in [-0.4, -0.2) is 12.1 Å². The van der Waals surface area contributed by atoms with E-state index in [4.69, 9.17) is 10.5 Å². The quantitative estimate of drug-likeness (QED) is 0.614. The van der Waals surface area contributed by atoms with Crippen molar-refractivity contribution in [3.05, 3.63) is 29.8 Å². The molecule has 0 aliphatic heterocycles. The van der Waals surface area contributed by atoms with E-state index >= 15 is 0 Å². The van der Waals surface area contributed by atoms with Crippen LogP contribution in [0, 0.1) is 0 Å². The molecule has 0 heterocycles. The van der Waals surface area contributed by atoms with E-state index in [9.17, 15) is 4.79 Å². The molecule has 0 saturated heterocycles. The summed E-state index contributed by atoms with van der Waals surface area (Å²) in [6.07, 6.45) is 2.00.